The molecule has 3 nitrogen and oxygen atoms in total. The van der Waals surface area contributed by atoms with Crippen LogP contribution in [0.5, 0.6) is 0 Å². The van der Waals surface area contributed by atoms with Gasteiger partial charge < -0.3 is 10.8 Å². The van der Waals surface area contributed by atoms with Gasteiger partial charge in [-0.2, -0.15) is 0 Å². The highest BCUT2D eigenvalue weighted by atomic mass is 19.1. The van der Waals surface area contributed by atoms with E-state index in [0.29, 0.717) is 0 Å². The van der Waals surface area contributed by atoms with Crippen LogP contribution in [-0.4, -0.2) is 17.6 Å². The van der Waals surface area contributed by atoms with Crippen LogP contribution < -0.4 is 5.73 Å². The quantitative estimate of drug-likeness (QED) is 0.807. The summed E-state index contributed by atoms with van der Waals surface area (Å²) in [6, 6.07) is 1.60. The molecular formula is C10H11F2NO2. The maximum Gasteiger partial charge on any atom is 0.335 e. The van der Waals surface area contributed by atoms with Gasteiger partial charge in [0.15, 0.2) is 0 Å². The summed E-state index contributed by atoms with van der Waals surface area (Å²) in [5.41, 5.74) is 4.72. The summed E-state index contributed by atoms with van der Waals surface area (Å²) in [6.07, 6.45) is 0. The number of nitrogens with two attached hydrogens (primary N) is 1. The molecule has 0 spiro atoms. The fourth-order valence-electron chi connectivity index (χ4n) is 1.30. The van der Waals surface area contributed by atoms with Crippen molar-refractivity contribution in [3.8, 4) is 0 Å². The number of rotatable bonds is 3. The molecule has 82 valence electrons. The molecule has 0 bridgehead atoms. The first-order valence-electron chi connectivity index (χ1n) is 4.39. The Bertz CT molecular complexity index is 370. The molecule has 5 heteroatoms. The van der Waals surface area contributed by atoms with Gasteiger partial charge in [0.05, 0.1) is 5.56 Å². The minimum atomic E-state index is -1.36. The molecule has 0 aliphatic carbocycles. The van der Waals surface area contributed by atoms with E-state index in [2.05, 4.69) is 0 Å². The third kappa shape index (κ3) is 2.30. The van der Waals surface area contributed by atoms with Crippen LogP contribution >= 0.6 is 0 Å². The molecule has 15 heavy (non-hydrogen) atoms. The van der Waals surface area contributed by atoms with Crippen molar-refractivity contribution < 1.29 is 18.7 Å². The number of carboxylic acid groups (broad SMARTS) is 1. The van der Waals surface area contributed by atoms with Crippen LogP contribution in [0.4, 0.5) is 8.78 Å². The monoisotopic (exact) mass is 215 g/mol. The summed E-state index contributed by atoms with van der Waals surface area (Å²) < 4.78 is 26.7. The first kappa shape index (κ1) is 11.6. The molecule has 0 saturated carbocycles. The van der Waals surface area contributed by atoms with Crippen molar-refractivity contribution in [3.63, 3.8) is 0 Å². The van der Waals surface area contributed by atoms with Gasteiger partial charge in [-0.25, -0.2) is 13.6 Å². The van der Waals surface area contributed by atoms with Crippen molar-refractivity contribution >= 4 is 5.97 Å². The lowest BCUT2D eigenvalue weighted by molar-refractivity contribution is 0.0695. The molecule has 1 unspecified atom stereocenters. The number of aromatic carboxylic acids is 1. The normalized spacial score (nSPS) is 12.5. The average molecular weight is 215 g/mol. The van der Waals surface area contributed by atoms with Gasteiger partial charge in [-0.15, -0.1) is 0 Å². The highest BCUT2D eigenvalue weighted by molar-refractivity contribution is 5.87. The second kappa shape index (κ2) is 4.35. The first-order valence-corrected chi connectivity index (χ1v) is 4.39. The number of halogens is 2. The molecule has 0 aliphatic rings. The Morgan fingerprint density at radius 3 is 2.27 bits per heavy atom. The number of benzene rings is 1. The predicted molar refractivity (Wildman–Crippen MR) is 50.8 cm³/mol. The summed E-state index contributed by atoms with van der Waals surface area (Å²) in [6.45, 7) is 1.67. The lowest BCUT2D eigenvalue weighted by Gasteiger charge is -2.11. The second-order valence-corrected chi connectivity index (χ2v) is 3.30. The summed E-state index contributed by atoms with van der Waals surface area (Å²) in [7, 11) is 0. The van der Waals surface area contributed by atoms with Crippen molar-refractivity contribution in [3.05, 3.63) is 34.9 Å². The Labute approximate surface area is 85.5 Å². The van der Waals surface area contributed by atoms with Gasteiger partial charge in [0.2, 0.25) is 0 Å². The molecule has 0 aromatic heterocycles. The summed E-state index contributed by atoms with van der Waals surface area (Å²) >= 11 is 0. The number of carbonyl (C=O) groups is 1. The van der Waals surface area contributed by atoms with Crippen molar-refractivity contribution in [1.29, 1.82) is 0 Å². The van der Waals surface area contributed by atoms with Crippen LogP contribution in [0.1, 0.15) is 28.8 Å². The van der Waals surface area contributed by atoms with E-state index in [-0.39, 0.29) is 12.1 Å². The van der Waals surface area contributed by atoms with Gasteiger partial charge in [-0.05, 0) is 24.6 Å². The minimum Gasteiger partial charge on any atom is -0.478 e. The molecule has 1 aromatic carbocycles. The zero-order valence-electron chi connectivity index (χ0n) is 8.13. The SMILES string of the molecule is CC(CN)c1c(F)cc(C(=O)O)cc1F. The predicted octanol–water partition coefficient (Wildman–Crippen LogP) is 1.73. The van der Waals surface area contributed by atoms with E-state index in [4.69, 9.17) is 10.8 Å². The largest absolute Gasteiger partial charge is 0.478 e. The highest BCUT2D eigenvalue weighted by Gasteiger charge is 2.18. The summed E-state index contributed by atoms with van der Waals surface area (Å²) in [4.78, 5) is 10.5. The molecule has 0 radical (unpaired) electrons. The van der Waals surface area contributed by atoms with Crippen molar-refractivity contribution in [1.82, 2.24) is 0 Å². The smallest absolute Gasteiger partial charge is 0.335 e. The Kier molecular flexibility index (Phi) is 3.36. The van der Waals surface area contributed by atoms with Gasteiger partial charge in [0.1, 0.15) is 11.6 Å². The molecule has 0 aliphatic heterocycles. The molecule has 1 rings (SSSR count). The van der Waals surface area contributed by atoms with Crippen molar-refractivity contribution in [2.45, 2.75) is 12.8 Å². The average Bonchev–Trinajstić information content (AvgIpc) is 2.16. The molecule has 1 aromatic rings. The van der Waals surface area contributed by atoms with Crippen molar-refractivity contribution in [2.24, 2.45) is 5.73 Å². The lowest BCUT2D eigenvalue weighted by Crippen LogP contribution is -2.13. The Morgan fingerprint density at radius 2 is 1.93 bits per heavy atom. The lowest BCUT2D eigenvalue weighted by atomic mass is 9.98. The van der Waals surface area contributed by atoms with Crippen molar-refractivity contribution in [2.75, 3.05) is 6.54 Å². The molecule has 0 amide bonds. The van der Waals surface area contributed by atoms with E-state index in [9.17, 15) is 13.6 Å². The van der Waals surface area contributed by atoms with Crippen LogP contribution in [-0.2, 0) is 0 Å². The Balaban J connectivity index is 3.27. The first-order chi connectivity index (χ1) is 6.97. The highest BCUT2D eigenvalue weighted by Crippen LogP contribution is 2.23. The fourth-order valence-corrected chi connectivity index (χ4v) is 1.30. The van der Waals surface area contributed by atoms with Crippen LogP contribution in [0.3, 0.4) is 0 Å². The van der Waals surface area contributed by atoms with Crippen LogP contribution in [0.15, 0.2) is 12.1 Å². The van der Waals surface area contributed by atoms with Gasteiger partial charge in [-0.3, -0.25) is 0 Å². The molecule has 0 saturated heterocycles. The van der Waals surface area contributed by atoms with Gasteiger partial charge in [-0.1, -0.05) is 6.92 Å². The second-order valence-electron chi connectivity index (χ2n) is 3.30. The molecule has 3 N–H and O–H groups in total. The zero-order chi connectivity index (χ0) is 11.6. The van der Waals surface area contributed by atoms with Gasteiger partial charge in [0, 0.05) is 5.56 Å². The molecule has 0 heterocycles. The van der Waals surface area contributed by atoms with E-state index in [1.54, 1.807) is 6.92 Å². The van der Waals surface area contributed by atoms with Crippen LogP contribution in [0.25, 0.3) is 0 Å². The molecule has 1 atom stereocenters. The van der Waals surface area contributed by atoms with E-state index in [1.165, 1.54) is 0 Å². The number of hydrogen-bond donors (Lipinski definition) is 2. The number of hydrogen-bond acceptors (Lipinski definition) is 2. The van der Waals surface area contributed by atoms with E-state index >= 15 is 0 Å². The fraction of sp³-hybridized carbons (Fsp3) is 0.300. The van der Waals surface area contributed by atoms with Gasteiger partial charge in [0.25, 0.3) is 0 Å². The number of carboxylic acids is 1. The Morgan fingerprint density at radius 1 is 1.47 bits per heavy atom. The topological polar surface area (TPSA) is 63.3 Å². The van der Waals surface area contributed by atoms with E-state index in [1.807, 2.05) is 0 Å². The Hall–Kier alpha value is -1.49. The molecule has 0 fully saturated rings. The summed E-state index contributed by atoms with van der Waals surface area (Å²) in [5, 5.41) is 8.56. The van der Waals surface area contributed by atoms with E-state index < -0.39 is 29.1 Å². The standard InChI is InChI=1S/C10H11F2NO2/c1-5(4-13)9-7(11)2-6(10(14)15)3-8(9)12/h2-3,5H,4,13H2,1H3,(H,14,15). The summed E-state index contributed by atoms with van der Waals surface area (Å²) in [5.74, 6) is -3.58. The van der Waals surface area contributed by atoms with Gasteiger partial charge >= 0.3 is 5.97 Å². The third-order valence-electron chi connectivity index (χ3n) is 2.17. The maximum atomic E-state index is 13.3. The van der Waals surface area contributed by atoms with E-state index in [0.717, 1.165) is 12.1 Å². The minimum absolute atomic E-state index is 0.0975. The third-order valence-corrected chi connectivity index (χ3v) is 2.17. The molecular weight excluding hydrogens is 204 g/mol. The van der Waals surface area contributed by atoms with Crippen LogP contribution in [0, 0.1) is 11.6 Å². The van der Waals surface area contributed by atoms with Crippen LogP contribution in [0.2, 0.25) is 0 Å². The maximum absolute atomic E-state index is 13.3. The zero-order valence-corrected chi connectivity index (χ0v) is 8.13.